The number of rotatable bonds is 3. The van der Waals surface area contributed by atoms with Crippen molar-refractivity contribution in [2.24, 2.45) is 5.73 Å². The molecule has 0 radical (unpaired) electrons. The number of halogens is 5. The van der Waals surface area contributed by atoms with Gasteiger partial charge in [-0.3, -0.25) is 0 Å². The molecule has 0 bridgehead atoms. The fourth-order valence-corrected chi connectivity index (χ4v) is 1.82. The van der Waals surface area contributed by atoms with Gasteiger partial charge in [-0.25, -0.2) is 8.78 Å². The van der Waals surface area contributed by atoms with E-state index in [9.17, 15) is 22.0 Å². The van der Waals surface area contributed by atoms with Crippen LogP contribution < -0.4 is 10.5 Å². The van der Waals surface area contributed by atoms with Crippen LogP contribution in [-0.4, -0.2) is 6.36 Å². The Hall–Kier alpha value is -2.15. The molecule has 2 N–H and O–H groups in total. The normalized spacial score (nSPS) is 13.0. The van der Waals surface area contributed by atoms with Gasteiger partial charge in [-0.2, -0.15) is 0 Å². The maximum absolute atomic E-state index is 13.1. The summed E-state index contributed by atoms with van der Waals surface area (Å²) in [5.41, 5.74) is 6.41. The summed E-state index contributed by atoms with van der Waals surface area (Å²) in [6.07, 6.45) is -4.78. The van der Waals surface area contributed by atoms with E-state index in [0.717, 1.165) is 24.3 Å². The van der Waals surface area contributed by atoms with Crippen molar-refractivity contribution in [1.82, 2.24) is 0 Å². The second-order valence-electron chi connectivity index (χ2n) is 4.30. The SMILES string of the molecule is N[C@@H](c1ccc(OC(F)(F)F)cc1)c1cc(F)cc(F)c1. The smallest absolute Gasteiger partial charge is 0.406 e. The predicted octanol–water partition coefficient (Wildman–Crippen LogP) is 3.91. The lowest BCUT2D eigenvalue weighted by molar-refractivity contribution is -0.274. The molecule has 0 aliphatic carbocycles. The third kappa shape index (κ3) is 4.16. The summed E-state index contributed by atoms with van der Waals surface area (Å²) >= 11 is 0. The van der Waals surface area contributed by atoms with Crippen LogP contribution in [-0.2, 0) is 0 Å². The molecule has 2 aromatic carbocycles. The number of hydrogen-bond acceptors (Lipinski definition) is 2. The summed E-state index contributed by atoms with van der Waals surface area (Å²) in [5, 5.41) is 0. The molecular weight excluding hydrogens is 293 g/mol. The van der Waals surface area contributed by atoms with Crippen molar-refractivity contribution in [3.05, 3.63) is 65.2 Å². The Kier molecular flexibility index (Phi) is 4.13. The highest BCUT2D eigenvalue weighted by atomic mass is 19.4. The van der Waals surface area contributed by atoms with Gasteiger partial charge >= 0.3 is 6.36 Å². The molecule has 0 unspecified atom stereocenters. The second kappa shape index (κ2) is 5.69. The minimum absolute atomic E-state index is 0.178. The number of nitrogens with two attached hydrogens (primary N) is 1. The standard InChI is InChI=1S/C14H10F5NO/c15-10-5-9(6-11(16)7-10)13(20)8-1-3-12(4-2-8)21-14(17,18)19/h1-7,13H,20H2/t13-/m0/s1. The highest BCUT2D eigenvalue weighted by Gasteiger charge is 2.31. The Bertz CT molecular complexity index is 604. The Balaban J connectivity index is 2.21. The van der Waals surface area contributed by atoms with Gasteiger partial charge in [0, 0.05) is 6.07 Å². The lowest BCUT2D eigenvalue weighted by Crippen LogP contribution is -2.17. The van der Waals surface area contributed by atoms with E-state index in [-0.39, 0.29) is 5.56 Å². The summed E-state index contributed by atoms with van der Waals surface area (Å²) in [6.45, 7) is 0. The Morgan fingerprint density at radius 2 is 1.38 bits per heavy atom. The van der Waals surface area contributed by atoms with Gasteiger partial charge in [0.05, 0.1) is 6.04 Å². The third-order valence-corrected chi connectivity index (χ3v) is 2.72. The molecule has 0 heterocycles. The van der Waals surface area contributed by atoms with Crippen molar-refractivity contribution in [3.63, 3.8) is 0 Å². The molecule has 0 saturated carbocycles. The summed E-state index contributed by atoms with van der Waals surface area (Å²) < 4.78 is 66.0. The van der Waals surface area contributed by atoms with E-state index in [4.69, 9.17) is 5.73 Å². The van der Waals surface area contributed by atoms with Crippen molar-refractivity contribution in [2.75, 3.05) is 0 Å². The first-order valence-electron chi connectivity index (χ1n) is 5.82. The van der Waals surface area contributed by atoms with Gasteiger partial charge < -0.3 is 10.5 Å². The quantitative estimate of drug-likeness (QED) is 0.873. The molecule has 2 aromatic rings. The van der Waals surface area contributed by atoms with Crippen LogP contribution in [0.3, 0.4) is 0 Å². The summed E-state index contributed by atoms with van der Waals surface area (Å²) in [7, 11) is 0. The van der Waals surface area contributed by atoms with Crippen molar-refractivity contribution < 1.29 is 26.7 Å². The molecule has 0 aliphatic rings. The molecule has 0 aliphatic heterocycles. The first-order chi connectivity index (χ1) is 9.74. The average molecular weight is 303 g/mol. The molecule has 2 rings (SSSR count). The van der Waals surface area contributed by atoms with E-state index < -0.39 is 29.8 Å². The molecule has 1 atom stereocenters. The number of benzene rings is 2. The lowest BCUT2D eigenvalue weighted by atomic mass is 9.99. The highest BCUT2D eigenvalue weighted by Crippen LogP contribution is 2.26. The second-order valence-corrected chi connectivity index (χ2v) is 4.30. The largest absolute Gasteiger partial charge is 0.573 e. The highest BCUT2D eigenvalue weighted by molar-refractivity contribution is 5.35. The molecule has 0 saturated heterocycles. The van der Waals surface area contributed by atoms with Crippen molar-refractivity contribution in [2.45, 2.75) is 12.4 Å². The molecule has 0 spiro atoms. The van der Waals surface area contributed by atoms with Crippen molar-refractivity contribution in [3.8, 4) is 5.75 Å². The maximum Gasteiger partial charge on any atom is 0.573 e. The van der Waals surface area contributed by atoms with Gasteiger partial charge in [-0.1, -0.05) is 12.1 Å². The lowest BCUT2D eigenvalue weighted by Gasteiger charge is -2.14. The molecular formula is C14H10F5NO. The predicted molar refractivity (Wildman–Crippen MR) is 65.5 cm³/mol. The van der Waals surface area contributed by atoms with Gasteiger partial charge in [-0.05, 0) is 35.4 Å². The Labute approximate surface area is 116 Å². The Morgan fingerprint density at radius 3 is 1.86 bits per heavy atom. The van der Waals surface area contributed by atoms with Gasteiger partial charge in [0.2, 0.25) is 0 Å². The molecule has 7 heteroatoms. The molecule has 112 valence electrons. The van der Waals surface area contributed by atoms with Crippen LogP contribution in [0.2, 0.25) is 0 Å². The monoisotopic (exact) mass is 303 g/mol. The molecule has 2 nitrogen and oxygen atoms in total. The fourth-order valence-electron chi connectivity index (χ4n) is 1.82. The van der Waals surface area contributed by atoms with Crippen LogP contribution in [0.5, 0.6) is 5.75 Å². The van der Waals surface area contributed by atoms with Gasteiger partial charge in [0.1, 0.15) is 17.4 Å². The van der Waals surface area contributed by atoms with Gasteiger partial charge in [0.15, 0.2) is 0 Å². The molecule has 0 aromatic heterocycles. The summed E-state index contributed by atoms with van der Waals surface area (Å²) in [4.78, 5) is 0. The maximum atomic E-state index is 13.1. The zero-order chi connectivity index (χ0) is 15.6. The molecule has 21 heavy (non-hydrogen) atoms. The van der Waals surface area contributed by atoms with Crippen LogP contribution in [0.4, 0.5) is 22.0 Å². The first kappa shape index (κ1) is 15.2. The van der Waals surface area contributed by atoms with E-state index in [1.165, 1.54) is 12.1 Å². The number of ether oxygens (including phenoxy) is 1. The van der Waals surface area contributed by atoms with Crippen LogP contribution in [0.15, 0.2) is 42.5 Å². The molecule has 0 amide bonds. The fraction of sp³-hybridized carbons (Fsp3) is 0.143. The van der Waals surface area contributed by atoms with Crippen molar-refractivity contribution in [1.29, 1.82) is 0 Å². The van der Waals surface area contributed by atoms with E-state index in [0.29, 0.717) is 11.6 Å². The van der Waals surface area contributed by atoms with E-state index >= 15 is 0 Å². The minimum Gasteiger partial charge on any atom is -0.406 e. The van der Waals surface area contributed by atoms with E-state index in [1.54, 1.807) is 0 Å². The average Bonchev–Trinajstić information content (AvgIpc) is 2.35. The Morgan fingerprint density at radius 1 is 0.857 bits per heavy atom. The summed E-state index contributed by atoms with van der Waals surface area (Å²) in [5.74, 6) is -1.96. The third-order valence-electron chi connectivity index (χ3n) is 2.72. The van der Waals surface area contributed by atoms with E-state index in [1.807, 2.05) is 0 Å². The minimum atomic E-state index is -4.78. The topological polar surface area (TPSA) is 35.2 Å². The zero-order valence-electron chi connectivity index (χ0n) is 10.5. The number of alkyl halides is 3. The van der Waals surface area contributed by atoms with Crippen LogP contribution in [0.25, 0.3) is 0 Å². The summed E-state index contributed by atoms with van der Waals surface area (Å²) in [6, 6.07) is 6.73. The van der Waals surface area contributed by atoms with Crippen molar-refractivity contribution >= 4 is 0 Å². The zero-order valence-corrected chi connectivity index (χ0v) is 10.5. The number of hydrogen-bond donors (Lipinski definition) is 1. The van der Waals surface area contributed by atoms with Crippen LogP contribution in [0.1, 0.15) is 17.2 Å². The van der Waals surface area contributed by atoms with Crippen LogP contribution >= 0.6 is 0 Å². The van der Waals surface area contributed by atoms with Gasteiger partial charge in [-0.15, -0.1) is 13.2 Å². The first-order valence-corrected chi connectivity index (χ1v) is 5.82. The van der Waals surface area contributed by atoms with Crippen LogP contribution in [0, 0.1) is 11.6 Å². The van der Waals surface area contributed by atoms with Gasteiger partial charge in [0.25, 0.3) is 0 Å². The van der Waals surface area contributed by atoms with E-state index in [2.05, 4.69) is 4.74 Å². The molecule has 0 fully saturated rings.